The van der Waals surface area contributed by atoms with Crippen LogP contribution in [0.15, 0.2) is 51.4 Å². The Kier molecular flexibility index (Phi) is 5.28. The van der Waals surface area contributed by atoms with Crippen molar-refractivity contribution >= 4 is 34.7 Å². The molecule has 26 heavy (non-hydrogen) atoms. The first kappa shape index (κ1) is 17.2. The van der Waals surface area contributed by atoms with Gasteiger partial charge in [0.2, 0.25) is 16.9 Å². The zero-order valence-electron chi connectivity index (χ0n) is 13.4. The van der Waals surface area contributed by atoms with E-state index in [9.17, 15) is 0 Å². The zero-order chi connectivity index (χ0) is 17.8. The van der Waals surface area contributed by atoms with Gasteiger partial charge in [0.25, 0.3) is 0 Å². The molecule has 132 valence electrons. The lowest BCUT2D eigenvalue weighted by Gasteiger charge is -2.02. The number of thioether (sulfide) groups is 1. The number of rotatable bonds is 7. The molecule has 0 fully saturated rings. The normalized spacial score (nSPS) is 11.1. The van der Waals surface area contributed by atoms with Gasteiger partial charge in [-0.05, 0) is 46.1 Å². The van der Waals surface area contributed by atoms with Crippen LogP contribution in [-0.2, 0) is 18.7 Å². The molecule has 0 spiro atoms. The molecule has 0 N–H and O–H groups in total. The van der Waals surface area contributed by atoms with Gasteiger partial charge in [-0.15, -0.1) is 26.6 Å². The standard InChI is InChI=1S/C16H13ClN6OS2/c17-12-5-3-11(4-6-12)15-19-18-14(24-15)10-26-16-20-21-22-23(16)8-7-13-2-1-9-25-13/h1-6,9H,7-8,10H2. The summed E-state index contributed by atoms with van der Waals surface area (Å²) in [4.78, 5) is 1.31. The summed E-state index contributed by atoms with van der Waals surface area (Å²) in [5, 5.41) is 23.5. The van der Waals surface area contributed by atoms with E-state index in [1.807, 2.05) is 18.2 Å². The van der Waals surface area contributed by atoms with E-state index in [4.69, 9.17) is 16.0 Å². The van der Waals surface area contributed by atoms with Crippen molar-refractivity contribution in [3.8, 4) is 11.5 Å². The first-order valence-electron chi connectivity index (χ1n) is 7.77. The first-order valence-corrected chi connectivity index (χ1v) is 10.0. The molecule has 0 saturated carbocycles. The third-order valence-corrected chi connectivity index (χ3v) is 5.66. The van der Waals surface area contributed by atoms with Crippen LogP contribution in [0.3, 0.4) is 0 Å². The van der Waals surface area contributed by atoms with Gasteiger partial charge in [-0.2, -0.15) is 0 Å². The molecule has 3 aromatic heterocycles. The summed E-state index contributed by atoms with van der Waals surface area (Å²) in [6.45, 7) is 0.732. The number of thiophene rings is 1. The van der Waals surface area contributed by atoms with Gasteiger partial charge in [0.05, 0.1) is 12.3 Å². The lowest BCUT2D eigenvalue weighted by Crippen LogP contribution is -2.04. The fraction of sp³-hybridized carbons (Fsp3) is 0.188. The smallest absolute Gasteiger partial charge is 0.247 e. The van der Waals surface area contributed by atoms with Gasteiger partial charge in [0.15, 0.2) is 0 Å². The summed E-state index contributed by atoms with van der Waals surface area (Å²) in [7, 11) is 0. The molecule has 0 aliphatic heterocycles. The van der Waals surface area contributed by atoms with Gasteiger partial charge in [-0.25, -0.2) is 4.68 Å². The maximum atomic E-state index is 5.89. The number of nitrogens with zero attached hydrogens (tertiary/aromatic N) is 6. The predicted octanol–water partition coefficient (Wildman–Crippen LogP) is 3.97. The van der Waals surface area contributed by atoms with Crippen LogP contribution in [0.4, 0.5) is 0 Å². The van der Waals surface area contributed by atoms with Gasteiger partial charge in [-0.1, -0.05) is 29.4 Å². The molecule has 0 saturated heterocycles. The molecule has 0 aliphatic carbocycles. The number of hydrogen-bond donors (Lipinski definition) is 0. The minimum absolute atomic E-state index is 0.467. The number of tetrazole rings is 1. The summed E-state index contributed by atoms with van der Waals surface area (Å²) >= 11 is 9.09. The van der Waals surface area contributed by atoms with E-state index in [1.165, 1.54) is 16.6 Å². The molecule has 4 aromatic rings. The van der Waals surface area contributed by atoms with Gasteiger partial charge in [-0.3, -0.25) is 0 Å². The molecule has 4 rings (SSSR count). The van der Waals surface area contributed by atoms with Crippen molar-refractivity contribution < 1.29 is 4.42 Å². The molecule has 0 bridgehead atoms. The van der Waals surface area contributed by atoms with E-state index >= 15 is 0 Å². The van der Waals surface area contributed by atoms with Crippen LogP contribution in [0.25, 0.3) is 11.5 Å². The molecule has 3 heterocycles. The molecule has 10 heteroatoms. The van der Waals surface area contributed by atoms with Crippen LogP contribution in [0, 0.1) is 0 Å². The van der Waals surface area contributed by atoms with E-state index in [-0.39, 0.29) is 0 Å². The van der Waals surface area contributed by atoms with E-state index < -0.39 is 0 Å². The minimum atomic E-state index is 0.467. The van der Waals surface area contributed by atoms with Crippen LogP contribution in [0.2, 0.25) is 5.02 Å². The zero-order valence-corrected chi connectivity index (χ0v) is 15.8. The van der Waals surface area contributed by atoms with Crippen molar-refractivity contribution in [3.05, 3.63) is 57.6 Å². The Morgan fingerprint density at radius 3 is 2.81 bits per heavy atom. The highest BCUT2D eigenvalue weighted by Crippen LogP contribution is 2.24. The number of halogens is 1. The van der Waals surface area contributed by atoms with Crippen LogP contribution in [0.5, 0.6) is 0 Å². The fourth-order valence-corrected chi connectivity index (χ4v) is 3.82. The highest BCUT2D eigenvalue weighted by atomic mass is 35.5. The highest BCUT2D eigenvalue weighted by Gasteiger charge is 2.12. The topological polar surface area (TPSA) is 82.5 Å². The van der Waals surface area contributed by atoms with Crippen molar-refractivity contribution in [1.29, 1.82) is 0 Å². The predicted molar refractivity (Wildman–Crippen MR) is 100 cm³/mol. The van der Waals surface area contributed by atoms with Crippen molar-refractivity contribution in [2.75, 3.05) is 0 Å². The first-order chi connectivity index (χ1) is 12.8. The Morgan fingerprint density at radius 2 is 2.00 bits per heavy atom. The Hall–Kier alpha value is -2.23. The van der Waals surface area contributed by atoms with E-state index in [0.717, 1.165) is 23.7 Å². The SMILES string of the molecule is Clc1ccc(-c2nnc(CSc3nnnn3CCc3cccs3)o2)cc1. The number of benzene rings is 1. The Balaban J connectivity index is 1.37. The molecule has 0 unspecified atom stereocenters. The fourth-order valence-electron chi connectivity index (χ4n) is 2.26. The number of hydrogen-bond acceptors (Lipinski definition) is 8. The second kappa shape index (κ2) is 7.98. The molecule has 7 nitrogen and oxygen atoms in total. The second-order valence-corrected chi connectivity index (χ2v) is 7.72. The Bertz CT molecular complexity index is 967. The van der Waals surface area contributed by atoms with Crippen molar-refractivity contribution in [2.24, 2.45) is 0 Å². The van der Waals surface area contributed by atoms with E-state index in [2.05, 4.69) is 37.2 Å². The lowest BCUT2D eigenvalue weighted by atomic mass is 10.2. The van der Waals surface area contributed by atoms with E-state index in [0.29, 0.717) is 22.6 Å². The molecule has 1 aromatic carbocycles. The Labute approximate surface area is 162 Å². The van der Waals surface area contributed by atoms with Gasteiger partial charge in [0.1, 0.15) is 0 Å². The molecular formula is C16H13ClN6OS2. The summed E-state index contributed by atoms with van der Waals surface area (Å²) in [6, 6.07) is 11.4. The Morgan fingerprint density at radius 1 is 1.12 bits per heavy atom. The highest BCUT2D eigenvalue weighted by molar-refractivity contribution is 7.98. The van der Waals surface area contributed by atoms with E-state index in [1.54, 1.807) is 28.2 Å². The summed E-state index contributed by atoms with van der Waals surface area (Å²) in [5.74, 6) is 1.49. The quantitative estimate of drug-likeness (QED) is 0.431. The summed E-state index contributed by atoms with van der Waals surface area (Å²) in [6.07, 6.45) is 0.900. The average molecular weight is 405 g/mol. The van der Waals surface area contributed by atoms with Crippen molar-refractivity contribution in [1.82, 2.24) is 30.4 Å². The maximum absolute atomic E-state index is 5.89. The number of aromatic nitrogens is 6. The van der Waals surface area contributed by atoms with Crippen LogP contribution in [0.1, 0.15) is 10.8 Å². The minimum Gasteiger partial charge on any atom is -0.420 e. The maximum Gasteiger partial charge on any atom is 0.247 e. The largest absolute Gasteiger partial charge is 0.420 e. The van der Waals surface area contributed by atoms with Crippen molar-refractivity contribution in [2.45, 2.75) is 23.9 Å². The average Bonchev–Trinajstić information content (AvgIpc) is 3.40. The molecule has 0 aliphatic rings. The number of aryl methyl sites for hydroxylation is 2. The van der Waals surface area contributed by atoms with Gasteiger partial charge >= 0.3 is 0 Å². The monoisotopic (exact) mass is 404 g/mol. The lowest BCUT2D eigenvalue weighted by molar-refractivity contribution is 0.526. The van der Waals surface area contributed by atoms with Crippen LogP contribution in [-0.4, -0.2) is 30.4 Å². The molecule has 0 radical (unpaired) electrons. The molecular weight excluding hydrogens is 392 g/mol. The summed E-state index contributed by atoms with van der Waals surface area (Å²) in [5.41, 5.74) is 0.832. The summed E-state index contributed by atoms with van der Waals surface area (Å²) < 4.78 is 7.50. The molecule has 0 atom stereocenters. The third-order valence-electron chi connectivity index (χ3n) is 3.53. The van der Waals surface area contributed by atoms with Crippen molar-refractivity contribution in [3.63, 3.8) is 0 Å². The van der Waals surface area contributed by atoms with Crippen LogP contribution >= 0.6 is 34.7 Å². The third kappa shape index (κ3) is 4.12. The second-order valence-electron chi connectivity index (χ2n) is 5.31. The van der Waals surface area contributed by atoms with Crippen LogP contribution < -0.4 is 0 Å². The molecule has 0 amide bonds. The van der Waals surface area contributed by atoms with Gasteiger partial charge in [0, 0.05) is 21.9 Å². The van der Waals surface area contributed by atoms with Gasteiger partial charge < -0.3 is 4.42 Å².